The molecule has 110 valence electrons. The Bertz CT molecular complexity index is 637. The summed E-state index contributed by atoms with van der Waals surface area (Å²) in [6.45, 7) is 0.608. The molecule has 0 aliphatic carbocycles. The monoisotopic (exact) mass is 290 g/mol. The number of rotatable bonds is 4. The largest absolute Gasteiger partial charge is 0.368 e. The summed E-state index contributed by atoms with van der Waals surface area (Å²) in [5.74, 6) is 0.243. The second-order valence-electron chi connectivity index (χ2n) is 4.90. The first-order valence-electron chi connectivity index (χ1n) is 6.79. The van der Waals surface area contributed by atoms with Gasteiger partial charge in [-0.2, -0.15) is 4.98 Å². The van der Waals surface area contributed by atoms with E-state index >= 15 is 0 Å². The van der Waals surface area contributed by atoms with Crippen LogP contribution >= 0.6 is 0 Å². The molecule has 1 aromatic carbocycles. The van der Waals surface area contributed by atoms with Gasteiger partial charge in [-0.05, 0) is 30.5 Å². The second kappa shape index (κ2) is 6.01. The average Bonchev–Trinajstić information content (AvgIpc) is 3.10. The lowest BCUT2D eigenvalue weighted by Crippen LogP contribution is -2.27. The van der Waals surface area contributed by atoms with Gasteiger partial charge in [0, 0.05) is 13.0 Å². The van der Waals surface area contributed by atoms with Gasteiger partial charge in [-0.15, -0.1) is 5.10 Å². The zero-order valence-corrected chi connectivity index (χ0v) is 11.3. The summed E-state index contributed by atoms with van der Waals surface area (Å²) in [7, 11) is 0. The maximum absolute atomic E-state index is 13.1. The first kappa shape index (κ1) is 13.7. The molecule has 6 nitrogen and oxygen atoms in total. The van der Waals surface area contributed by atoms with Crippen molar-refractivity contribution < 1.29 is 13.9 Å². The van der Waals surface area contributed by atoms with Crippen molar-refractivity contribution in [3.8, 4) is 0 Å². The first-order valence-corrected chi connectivity index (χ1v) is 6.79. The van der Waals surface area contributed by atoms with E-state index in [1.54, 1.807) is 12.1 Å². The van der Waals surface area contributed by atoms with E-state index in [1.807, 2.05) is 0 Å². The van der Waals surface area contributed by atoms with E-state index in [1.165, 1.54) is 12.1 Å². The van der Waals surface area contributed by atoms with Crippen molar-refractivity contribution >= 4 is 11.9 Å². The molecule has 1 aliphatic heterocycles. The summed E-state index contributed by atoms with van der Waals surface area (Å²) in [5.41, 5.74) is 0.781. The number of amides is 1. The van der Waals surface area contributed by atoms with Crippen LogP contribution in [0, 0.1) is 5.82 Å². The lowest BCUT2D eigenvalue weighted by molar-refractivity contribution is -0.124. The molecule has 0 saturated carbocycles. The average molecular weight is 290 g/mol. The van der Waals surface area contributed by atoms with Crippen molar-refractivity contribution in [1.82, 2.24) is 15.2 Å². The number of nitrogens with one attached hydrogen (secondary N) is 2. The SMILES string of the molecule is O=C(Nc1n[nH]c(Cc2cccc(F)c2)n1)[C@@H]1CCCO1. The van der Waals surface area contributed by atoms with E-state index in [0.717, 1.165) is 12.0 Å². The molecular weight excluding hydrogens is 275 g/mol. The molecule has 0 unspecified atom stereocenters. The summed E-state index contributed by atoms with van der Waals surface area (Å²) in [6.07, 6.45) is 1.60. The van der Waals surface area contributed by atoms with Crippen LogP contribution in [0.2, 0.25) is 0 Å². The summed E-state index contributed by atoms with van der Waals surface area (Å²) in [4.78, 5) is 16.0. The highest BCUT2D eigenvalue weighted by molar-refractivity contribution is 5.92. The molecular formula is C14H15FN4O2. The number of hydrogen-bond acceptors (Lipinski definition) is 4. The van der Waals surface area contributed by atoms with Crippen LogP contribution in [0.5, 0.6) is 0 Å². The van der Waals surface area contributed by atoms with Crippen molar-refractivity contribution in [2.45, 2.75) is 25.4 Å². The zero-order valence-electron chi connectivity index (χ0n) is 11.3. The summed E-state index contributed by atoms with van der Waals surface area (Å²) >= 11 is 0. The minimum atomic E-state index is -0.421. The van der Waals surface area contributed by atoms with Crippen molar-refractivity contribution in [3.63, 3.8) is 0 Å². The number of halogens is 1. The smallest absolute Gasteiger partial charge is 0.255 e. The molecule has 2 heterocycles. The van der Waals surface area contributed by atoms with Crippen LogP contribution in [0.3, 0.4) is 0 Å². The number of benzene rings is 1. The third-order valence-electron chi connectivity index (χ3n) is 3.25. The first-order chi connectivity index (χ1) is 10.2. The van der Waals surface area contributed by atoms with Gasteiger partial charge in [0.25, 0.3) is 5.91 Å². The predicted molar refractivity (Wildman–Crippen MR) is 73.2 cm³/mol. The minimum absolute atomic E-state index is 0.210. The normalized spacial score (nSPS) is 17.9. The van der Waals surface area contributed by atoms with Crippen LogP contribution in [0.15, 0.2) is 24.3 Å². The Kier molecular flexibility index (Phi) is 3.92. The zero-order chi connectivity index (χ0) is 14.7. The van der Waals surface area contributed by atoms with Gasteiger partial charge < -0.3 is 4.74 Å². The Morgan fingerprint density at radius 3 is 3.19 bits per heavy atom. The maximum atomic E-state index is 13.1. The van der Waals surface area contributed by atoms with E-state index in [4.69, 9.17) is 4.74 Å². The molecule has 0 bridgehead atoms. The van der Waals surface area contributed by atoms with E-state index in [0.29, 0.717) is 25.3 Å². The Labute approximate surface area is 120 Å². The van der Waals surface area contributed by atoms with Crippen LogP contribution in [-0.4, -0.2) is 33.8 Å². The summed E-state index contributed by atoms with van der Waals surface area (Å²) in [5, 5.41) is 9.27. The Morgan fingerprint density at radius 2 is 2.43 bits per heavy atom. The Morgan fingerprint density at radius 1 is 1.52 bits per heavy atom. The fourth-order valence-electron chi connectivity index (χ4n) is 2.25. The van der Waals surface area contributed by atoms with Crippen LogP contribution in [0.25, 0.3) is 0 Å². The van der Waals surface area contributed by atoms with Gasteiger partial charge in [0.1, 0.15) is 17.7 Å². The molecule has 2 N–H and O–H groups in total. The third-order valence-corrected chi connectivity index (χ3v) is 3.25. The van der Waals surface area contributed by atoms with Crippen molar-refractivity contribution in [2.75, 3.05) is 11.9 Å². The van der Waals surface area contributed by atoms with E-state index in [9.17, 15) is 9.18 Å². The Balaban J connectivity index is 1.62. The number of carbonyl (C=O) groups excluding carboxylic acids is 1. The summed E-state index contributed by atoms with van der Waals surface area (Å²) < 4.78 is 18.4. The number of aromatic amines is 1. The molecule has 1 fully saturated rings. The van der Waals surface area contributed by atoms with E-state index in [2.05, 4.69) is 20.5 Å². The highest BCUT2D eigenvalue weighted by atomic mass is 19.1. The molecule has 3 rings (SSSR count). The standard InChI is InChI=1S/C14H15FN4O2/c15-10-4-1-3-9(7-10)8-12-16-14(19-18-12)17-13(20)11-5-2-6-21-11/h1,3-4,7,11H,2,5-6,8H2,(H2,16,17,18,19,20)/t11-/m0/s1. The molecule has 1 aromatic heterocycles. The number of anilines is 1. The lowest BCUT2D eigenvalue weighted by Gasteiger charge is -2.06. The van der Waals surface area contributed by atoms with E-state index in [-0.39, 0.29) is 17.7 Å². The molecule has 7 heteroatoms. The van der Waals surface area contributed by atoms with Crippen molar-refractivity contribution in [2.24, 2.45) is 0 Å². The van der Waals surface area contributed by atoms with Gasteiger partial charge >= 0.3 is 0 Å². The molecule has 21 heavy (non-hydrogen) atoms. The molecule has 1 saturated heterocycles. The van der Waals surface area contributed by atoms with Gasteiger partial charge in [-0.1, -0.05) is 12.1 Å². The fraction of sp³-hybridized carbons (Fsp3) is 0.357. The van der Waals surface area contributed by atoms with Crippen LogP contribution < -0.4 is 5.32 Å². The van der Waals surface area contributed by atoms with Crippen LogP contribution in [0.4, 0.5) is 10.3 Å². The molecule has 0 radical (unpaired) electrons. The molecule has 1 amide bonds. The van der Waals surface area contributed by atoms with E-state index < -0.39 is 6.10 Å². The maximum Gasteiger partial charge on any atom is 0.255 e. The second-order valence-corrected chi connectivity index (χ2v) is 4.90. The van der Waals surface area contributed by atoms with Crippen molar-refractivity contribution in [3.05, 3.63) is 41.5 Å². The van der Waals surface area contributed by atoms with Gasteiger partial charge in [0.05, 0.1) is 0 Å². The number of aromatic nitrogens is 3. The lowest BCUT2D eigenvalue weighted by atomic mass is 10.1. The van der Waals surface area contributed by atoms with Gasteiger partial charge in [0.15, 0.2) is 0 Å². The predicted octanol–water partition coefficient (Wildman–Crippen LogP) is 1.65. The van der Waals surface area contributed by atoms with Crippen molar-refractivity contribution in [1.29, 1.82) is 0 Å². The topological polar surface area (TPSA) is 79.9 Å². The third kappa shape index (κ3) is 3.43. The number of hydrogen-bond donors (Lipinski definition) is 2. The van der Waals surface area contributed by atoms with Gasteiger partial charge in [-0.3, -0.25) is 15.2 Å². The fourth-order valence-corrected chi connectivity index (χ4v) is 2.25. The quantitative estimate of drug-likeness (QED) is 0.897. The molecule has 0 spiro atoms. The van der Waals surface area contributed by atoms with Gasteiger partial charge in [0.2, 0.25) is 5.95 Å². The molecule has 2 aromatic rings. The molecule has 1 atom stereocenters. The summed E-state index contributed by atoms with van der Waals surface area (Å²) in [6, 6.07) is 6.27. The van der Waals surface area contributed by atoms with Crippen LogP contribution in [0.1, 0.15) is 24.2 Å². The van der Waals surface area contributed by atoms with Gasteiger partial charge in [-0.25, -0.2) is 4.39 Å². The number of carbonyl (C=O) groups is 1. The minimum Gasteiger partial charge on any atom is -0.368 e. The number of ether oxygens (including phenoxy) is 1. The highest BCUT2D eigenvalue weighted by Crippen LogP contribution is 2.14. The number of H-pyrrole nitrogens is 1. The highest BCUT2D eigenvalue weighted by Gasteiger charge is 2.24. The number of nitrogens with zero attached hydrogens (tertiary/aromatic N) is 2. The Hall–Kier alpha value is -2.28. The molecule has 1 aliphatic rings. The van der Waals surface area contributed by atoms with Crippen LogP contribution in [-0.2, 0) is 16.0 Å².